The predicted molar refractivity (Wildman–Crippen MR) is 67.0 cm³/mol. The molecule has 2 N–H and O–H groups in total. The van der Waals surface area contributed by atoms with Gasteiger partial charge in [0.25, 0.3) is 0 Å². The number of nitrogens with zero attached hydrogens (tertiary/aromatic N) is 1. The predicted octanol–water partition coefficient (Wildman–Crippen LogP) is 2.77. The number of rotatable bonds is 7. The zero-order valence-electron chi connectivity index (χ0n) is 10.5. The Bertz CT molecular complexity index is 159. The summed E-state index contributed by atoms with van der Waals surface area (Å²) in [6.45, 7) is 6.71. The van der Waals surface area contributed by atoms with Gasteiger partial charge in [0.15, 0.2) is 0 Å². The van der Waals surface area contributed by atoms with Gasteiger partial charge in [-0.3, -0.25) is 4.90 Å². The topological polar surface area (TPSA) is 29.3 Å². The maximum atomic E-state index is 5.91. The highest BCUT2D eigenvalue weighted by molar-refractivity contribution is 4.84. The van der Waals surface area contributed by atoms with E-state index in [4.69, 9.17) is 5.73 Å². The molecule has 0 aromatic carbocycles. The third-order valence-electron chi connectivity index (χ3n) is 3.78. The summed E-state index contributed by atoms with van der Waals surface area (Å²) in [6.07, 6.45) is 9.40. The van der Waals surface area contributed by atoms with Crippen molar-refractivity contribution in [3.05, 3.63) is 0 Å². The van der Waals surface area contributed by atoms with Gasteiger partial charge in [0.1, 0.15) is 0 Å². The molecule has 1 aliphatic heterocycles. The molecule has 1 saturated heterocycles. The molecule has 2 atom stereocenters. The summed E-state index contributed by atoms with van der Waals surface area (Å²) < 4.78 is 0. The maximum absolute atomic E-state index is 5.91. The fraction of sp³-hybridized carbons (Fsp3) is 1.00. The van der Waals surface area contributed by atoms with Crippen LogP contribution in [0.25, 0.3) is 0 Å². The van der Waals surface area contributed by atoms with E-state index in [-0.39, 0.29) is 0 Å². The summed E-state index contributed by atoms with van der Waals surface area (Å²) in [5.74, 6) is 0. The molecule has 0 saturated carbocycles. The van der Waals surface area contributed by atoms with Crippen LogP contribution < -0.4 is 5.73 Å². The van der Waals surface area contributed by atoms with E-state index in [2.05, 4.69) is 18.7 Å². The number of hydrogen-bond donors (Lipinski definition) is 1. The molecule has 2 heteroatoms. The molecule has 2 unspecified atom stereocenters. The summed E-state index contributed by atoms with van der Waals surface area (Å²) in [5, 5.41) is 0. The first kappa shape index (κ1) is 13.0. The van der Waals surface area contributed by atoms with Gasteiger partial charge in [-0.1, -0.05) is 33.1 Å². The van der Waals surface area contributed by atoms with Crippen molar-refractivity contribution in [1.29, 1.82) is 0 Å². The van der Waals surface area contributed by atoms with Crippen molar-refractivity contribution in [3.63, 3.8) is 0 Å². The van der Waals surface area contributed by atoms with Crippen LogP contribution in [-0.4, -0.2) is 30.1 Å². The Morgan fingerprint density at radius 1 is 1.33 bits per heavy atom. The van der Waals surface area contributed by atoms with Crippen molar-refractivity contribution in [3.8, 4) is 0 Å². The minimum absolute atomic E-state index is 0.656. The lowest BCUT2D eigenvalue weighted by Gasteiger charge is -2.32. The standard InChI is InChI=1S/C13H28N2/c1-3-5-6-8-13(11-14)15-10-7-9-12(15)4-2/h12-13H,3-11,14H2,1-2H3. The molecule has 2 nitrogen and oxygen atoms in total. The van der Waals surface area contributed by atoms with Gasteiger partial charge in [-0.05, 0) is 32.2 Å². The molecule has 1 aliphatic rings. The van der Waals surface area contributed by atoms with E-state index < -0.39 is 0 Å². The van der Waals surface area contributed by atoms with Gasteiger partial charge in [0, 0.05) is 18.6 Å². The third kappa shape index (κ3) is 3.76. The third-order valence-corrected chi connectivity index (χ3v) is 3.78. The Kier molecular flexibility index (Phi) is 6.26. The smallest absolute Gasteiger partial charge is 0.0221 e. The van der Waals surface area contributed by atoms with E-state index >= 15 is 0 Å². The van der Waals surface area contributed by atoms with Gasteiger partial charge in [-0.25, -0.2) is 0 Å². The van der Waals surface area contributed by atoms with E-state index in [9.17, 15) is 0 Å². The Balaban J connectivity index is 2.35. The van der Waals surface area contributed by atoms with Crippen molar-refractivity contribution in [1.82, 2.24) is 4.90 Å². The highest BCUT2D eigenvalue weighted by Gasteiger charge is 2.28. The molecule has 90 valence electrons. The quantitative estimate of drug-likeness (QED) is 0.658. The molecular formula is C13H28N2. The summed E-state index contributed by atoms with van der Waals surface area (Å²) in [4.78, 5) is 2.68. The van der Waals surface area contributed by atoms with Crippen molar-refractivity contribution in [2.75, 3.05) is 13.1 Å². The van der Waals surface area contributed by atoms with Gasteiger partial charge < -0.3 is 5.73 Å². The number of unbranched alkanes of at least 4 members (excludes halogenated alkanes) is 2. The zero-order valence-corrected chi connectivity index (χ0v) is 10.5. The van der Waals surface area contributed by atoms with Gasteiger partial charge in [-0.15, -0.1) is 0 Å². The van der Waals surface area contributed by atoms with E-state index in [1.54, 1.807) is 0 Å². The Labute approximate surface area is 95.2 Å². The van der Waals surface area contributed by atoms with E-state index in [1.807, 2.05) is 0 Å². The second-order valence-electron chi connectivity index (χ2n) is 4.83. The lowest BCUT2D eigenvalue weighted by atomic mass is 10.1. The lowest BCUT2D eigenvalue weighted by Crippen LogP contribution is -2.43. The fourth-order valence-electron chi connectivity index (χ4n) is 2.83. The van der Waals surface area contributed by atoms with Crippen LogP contribution in [0.2, 0.25) is 0 Å². The normalized spacial score (nSPS) is 24.6. The molecule has 0 radical (unpaired) electrons. The number of nitrogens with two attached hydrogens (primary N) is 1. The zero-order chi connectivity index (χ0) is 11.1. The molecule has 0 bridgehead atoms. The SMILES string of the molecule is CCCCCC(CN)N1CCCC1CC. The minimum Gasteiger partial charge on any atom is -0.329 e. The Morgan fingerprint density at radius 3 is 2.73 bits per heavy atom. The molecule has 0 aromatic rings. The first-order valence-electron chi connectivity index (χ1n) is 6.79. The largest absolute Gasteiger partial charge is 0.329 e. The van der Waals surface area contributed by atoms with Crippen LogP contribution >= 0.6 is 0 Å². The van der Waals surface area contributed by atoms with Gasteiger partial charge in [0.05, 0.1) is 0 Å². The lowest BCUT2D eigenvalue weighted by molar-refractivity contribution is 0.168. The van der Waals surface area contributed by atoms with Crippen molar-refractivity contribution in [2.24, 2.45) is 5.73 Å². The molecule has 15 heavy (non-hydrogen) atoms. The second-order valence-corrected chi connectivity index (χ2v) is 4.83. The van der Waals surface area contributed by atoms with Crippen LogP contribution in [-0.2, 0) is 0 Å². The maximum Gasteiger partial charge on any atom is 0.0221 e. The highest BCUT2D eigenvalue weighted by atomic mass is 15.2. The van der Waals surface area contributed by atoms with Crippen molar-refractivity contribution < 1.29 is 0 Å². The summed E-state index contributed by atoms with van der Waals surface area (Å²) in [7, 11) is 0. The summed E-state index contributed by atoms with van der Waals surface area (Å²) in [6, 6.07) is 1.48. The second kappa shape index (κ2) is 7.24. The van der Waals surface area contributed by atoms with Crippen LogP contribution in [0.4, 0.5) is 0 Å². The van der Waals surface area contributed by atoms with Gasteiger partial charge in [0.2, 0.25) is 0 Å². The minimum atomic E-state index is 0.656. The summed E-state index contributed by atoms with van der Waals surface area (Å²) in [5.41, 5.74) is 5.91. The highest BCUT2D eigenvalue weighted by Crippen LogP contribution is 2.24. The van der Waals surface area contributed by atoms with Crippen LogP contribution in [0.3, 0.4) is 0 Å². The molecule has 1 rings (SSSR count). The fourth-order valence-corrected chi connectivity index (χ4v) is 2.83. The van der Waals surface area contributed by atoms with Gasteiger partial charge >= 0.3 is 0 Å². The van der Waals surface area contributed by atoms with Crippen LogP contribution in [0, 0.1) is 0 Å². The number of likely N-dealkylation sites (tertiary alicyclic amines) is 1. The summed E-state index contributed by atoms with van der Waals surface area (Å²) >= 11 is 0. The van der Waals surface area contributed by atoms with E-state index in [1.165, 1.54) is 51.5 Å². The molecular weight excluding hydrogens is 184 g/mol. The molecule has 0 spiro atoms. The molecule has 1 fully saturated rings. The van der Waals surface area contributed by atoms with E-state index in [0.717, 1.165) is 12.6 Å². The average Bonchev–Trinajstić information content (AvgIpc) is 2.72. The van der Waals surface area contributed by atoms with Crippen LogP contribution in [0.5, 0.6) is 0 Å². The average molecular weight is 212 g/mol. The van der Waals surface area contributed by atoms with Crippen LogP contribution in [0.1, 0.15) is 58.8 Å². The Hall–Kier alpha value is -0.0800. The number of hydrogen-bond acceptors (Lipinski definition) is 2. The van der Waals surface area contributed by atoms with Crippen LogP contribution in [0.15, 0.2) is 0 Å². The monoisotopic (exact) mass is 212 g/mol. The first-order chi connectivity index (χ1) is 7.33. The molecule has 0 aromatic heterocycles. The molecule has 1 heterocycles. The molecule has 0 amide bonds. The van der Waals surface area contributed by atoms with Crippen molar-refractivity contribution in [2.45, 2.75) is 70.9 Å². The van der Waals surface area contributed by atoms with E-state index in [0.29, 0.717) is 6.04 Å². The Morgan fingerprint density at radius 2 is 2.13 bits per heavy atom. The molecule has 0 aliphatic carbocycles. The van der Waals surface area contributed by atoms with Crippen molar-refractivity contribution >= 4 is 0 Å². The van der Waals surface area contributed by atoms with Gasteiger partial charge in [-0.2, -0.15) is 0 Å². The first-order valence-corrected chi connectivity index (χ1v) is 6.79.